The minimum Gasteiger partial charge on any atom is -0.445 e. The van der Waals surface area contributed by atoms with Crippen LogP contribution in [0.1, 0.15) is 17.5 Å². The number of benzene rings is 2. The number of likely N-dealkylation sites (tertiary alicyclic amines) is 1. The van der Waals surface area contributed by atoms with Crippen molar-refractivity contribution in [3.8, 4) is 0 Å². The highest BCUT2D eigenvalue weighted by molar-refractivity contribution is 9.09. The lowest BCUT2D eigenvalue weighted by molar-refractivity contribution is -0.120. The quantitative estimate of drug-likeness (QED) is 0.431. The van der Waals surface area contributed by atoms with Gasteiger partial charge in [-0.05, 0) is 24.6 Å². The molecule has 1 aliphatic rings. The molecule has 1 amide bonds. The monoisotopic (exact) mass is 495 g/mol. The van der Waals surface area contributed by atoms with Crippen molar-refractivity contribution in [2.75, 3.05) is 11.9 Å². The number of alkyl halides is 1. The normalized spacial score (nSPS) is 18.9. The maximum absolute atomic E-state index is 12.6. The molecule has 0 spiro atoms. The molecule has 0 aliphatic carbocycles. The summed E-state index contributed by atoms with van der Waals surface area (Å²) < 4.78 is 35.8. The molecule has 2 aromatic carbocycles. The van der Waals surface area contributed by atoms with Crippen LogP contribution in [0, 0.1) is 6.92 Å². The van der Waals surface area contributed by atoms with Gasteiger partial charge in [0, 0.05) is 6.42 Å². The van der Waals surface area contributed by atoms with E-state index in [0.717, 1.165) is 11.1 Å². The zero-order valence-electron chi connectivity index (χ0n) is 16.4. The number of aryl methyl sites for hydroxylation is 1. The highest BCUT2D eigenvalue weighted by Crippen LogP contribution is 2.26. The van der Waals surface area contributed by atoms with Crippen molar-refractivity contribution in [1.29, 1.82) is 0 Å². The highest BCUT2D eigenvalue weighted by atomic mass is 79.9. The molecule has 1 heterocycles. The molecule has 0 radical (unpaired) electrons. The molecule has 30 heavy (non-hydrogen) atoms. The van der Waals surface area contributed by atoms with Gasteiger partial charge in [-0.1, -0.05) is 64.0 Å². The zero-order valence-corrected chi connectivity index (χ0v) is 18.8. The third-order valence-electron chi connectivity index (χ3n) is 4.78. The van der Waals surface area contributed by atoms with E-state index in [0.29, 0.717) is 0 Å². The Kier molecular flexibility index (Phi) is 7.27. The molecule has 3 rings (SSSR count). The fraction of sp³-hybridized carbons (Fsp3) is 0.333. The Morgan fingerprint density at radius 2 is 1.77 bits per heavy atom. The van der Waals surface area contributed by atoms with E-state index in [4.69, 9.17) is 8.92 Å². The first-order valence-electron chi connectivity index (χ1n) is 9.36. The first-order chi connectivity index (χ1) is 14.3. The number of hydrogen-bond donors (Lipinski definition) is 0. The van der Waals surface area contributed by atoms with Crippen LogP contribution in [0.2, 0.25) is 0 Å². The Morgan fingerprint density at radius 1 is 1.10 bits per heavy atom. The predicted octanol–water partition coefficient (Wildman–Crippen LogP) is 3.44. The number of halogens is 1. The Balaban J connectivity index is 1.70. The topological polar surface area (TPSA) is 90.0 Å². The van der Waals surface area contributed by atoms with Crippen LogP contribution in [0.25, 0.3) is 0 Å². The van der Waals surface area contributed by atoms with Crippen molar-refractivity contribution in [2.24, 2.45) is 0 Å². The second-order valence-corrected chi connectivity index (χ2v) is 9.16. The van der Waals surface area contributed by atoms with Gasteiger partial charge in [-0.3, -0.25) is 13.9 Å². The third kappa shape index (κ3) is 5.47. The summed E-state index contributed by atoms with van der Waals surface area (Å²) in [5, 5.41) is 0.0393. The molecule has 0 N–H and O–H groups in total. The fourth-order valence-electron chi connectivity index (χ4n) is 3.21. The van der Waals surface area contributed by atoms with Gasteiger partial charge in [-0.2, -0.15) is 8.42 Å². The second-order valence-electron chi connectivity index (χ2n) is 7.03. The van der Waals surface area contributed by atoms with Gasteiger partial charge in [0.25, 0.3) is 10.1 Å². The van der Waals surface area contributed by atoms with Crippen LogP contribution in [0.3, 0.4) is 0 Å². The van der Waals surface area contributed by atoms with Gasteiger partial charge < -0.3 is 4.74 Å². The number of ether oxygens (including phenoxy) is 1. The first-order valence-corrected chi connectivity index (χ1v) is 11.9. The SMILES string of the molecule is Cc1ccc(S(=O)(=O)O[C@@H]2C[C@@H](C(=O)CBr)N(C(=O)OCc3ccccc3)C2)cc1. The molecule has 7 nitrogen and oxygen atoms in total. The van der Waals surface area contributed by atoms with E-state index in [1.165, 1.54) is 17.0 Å². The lowest BCUT2D eigenvalue weighted by atomic mass is 10.1. The van der Waals surface area contributed by atoms with Crippen LogP contribution in [0.4, 0.5) is 4.79 Å². The summed E-state index contributed by atoms with van der Waals surface area (Å²) in [6.07, 6.45) is -1.44. The Morgan fingerprint density at radius 3 is 2.40 bits per heavy atom. The third-order valence-corrected chi connectivity index (χ3v) is 6.71. The zero-order chi connectivity index (χ0) is 21.7. The van der Waals surface area contributed by atoms with E-state index in [1.807, 2.05) is 37.3 Å². The lowest BCUT2D eigenvalue weighted by Gasteiger charge is -2.22. The summed E-state index contributed by atoms with van der Waals surface area (Å²) in [6.45, 7) is 1.85. The number of nitrogens with zero attached hydrogens (tertiary/aromatic N) is 1. The molecule has 1 saturated heterocycles. The number of carbonyl (C=O) groups is 2. The molecule has 0 unspecified atom stereocenters. The van der Waals surface area contributed by atoms with E-state index in [1.54, 1.807) is 12.1 Å². The summed E-state index contributed by atoms with van der Waals surface area (Å²) in [5.74, 6) is -0.245. The van der Waals surface area contributed by atoms with Crippen LogP contribution in [-0.4, -0.2) is 49.2 Å². The van der Waals surface area contributed by atoms with Crippen LogP contribution in [-0.2, 0) is 30.4 Å². The van der Waals surface area contributed by atoms with Gasteiger partial charge in [0.2, 0.25) is 0 Å². The first kappa shape index (κ1) is 22.5. The average molecular weight is 496 g/mol. The predicted molar refractivity (Wildman–Crippen MR) is 114 cm³/mol. The number of ketones is 1. The molecule has 0 saturated carbocycles. The number of amides is 1. The molecule has 0 bridgehead atoms. The van der Waals surface area contributed by atoms with Gasteiger partial charge in [-0.25, -0.2) is 4.79 Å². The molecular formula is C21H22BrNO6S. The summed E-state index contributed by atoms with van der Waals surface area (Å²) in [5.41, 5.74) is 1.73. The number of hydrogen-bond acceptors (Lipinski definition) is 6. The number of carbonyl (C=O) groups excluding carboxylic acids is 2. The lowest BCUT2D eigenvalue weighted by Crippen LogP contribution is -2.41. The minimum atomic E-state index is -4.02. The summed E-state index contributed by atoms with van der Waals surface area (Å²) in [4.78, 5) is 26.2. The van der Waals surface area contributed by atoms with E-state index in [9.17, 15) is 18.0 Å². The van der Waals surface area contributed by atoms with Crippen molar-refractivity contribution < 1.29 is 26.9 Å². The molecule has 1 fully saturated rings. The van der Waals surface area contributed by atoms with Crippen LogP contribution < -0.4 is 0 Å². The van der Waals surface area contributed by atoms with Crippen molar-refractivity contribution in [2.45, 2.75) is 37.0 Å². The Labute approximate surface area is 184 Å². The molecule has 160 valence electrons. The van der Waals surface area contributed by atoms with Crippen LogP contribution in [0.5, 0.6) is 0 Å². The van der Waals surface area contributed by atoms with Crippen molar-refractivity contribution in [1.82, 2.24) is 4.90 Å². The molecule has 2 atom stereocenters. The van der Waals surface area contributed by atoms with E-state index in [2.05, 4.69) is 15.9 Å². The Hall–Kier alpha value is -2.23. The summed E-state index contributed by atoms with van der Waals surface area (Å²) in [6, 6.07) is 14.6. The van der Waals surface area contributed by atoms with Crippen LogP contribution >= 0.6 is 15.9 Å². The molecule has 1 aliphatic heterocycles. The van der Waals surface area contributed by atoms with Crippen molar-refractivity contribution in [3.05, 3.63) is 65.7 Å². The van der Waals surface area contributed by atoms with Gasteiger partial charge in [0.05, 0.1) is 28.9 Å². The van der Waals surface area contributed by atoms with E-state index < -0.39 is 28.4 Å². The Bertz CT molecular complexity index is 994. The standard InChI is InChI=1S/C21H22BrNO6S/c1-15-7-9-18(10-8-15)30(26,27)29-17-11-19(20(24)12-22)23(13-17)21(25)28-14-16-5-3-2-4-6-16/h2-10,17,19H,11-14H2,1H3/t17-,19+/m1/s1. The number of Topliss-reactive ketones (excluding diaryl/α,β-unsaturated/α-hetero) is 1. The second kappa shape index (κ2) is 9.72. The fourth-order valence-corrected chi connectivity index (χ4v) is 4.66. The summed E-state index contributed by atoms with van der Waals surface area (Å²) in [7, 11) is -4.02. The van der Waals surface area contributed by atoms with Gasteiger partial charge in [-0.15, -0.1) is 0 Å². The van der Waals surface area contributed by atoms with Crippen molar-refractivity contribution in [3.63, 3.8) is 0 Å². The van der Waals surface area contributed by atoms with Crippen molar-refractivity contribution >= 4 is 37.9 Å². The summed E-state index contributed by atoms with van der Waals surface area (Å²) >= 11 is 3.11. The smallest absolute Gasteiger partial charge is 0.410 e. The minimum absolute atomic E-state index is 0.0292. The van der Waals surface area contributed by atoms with E-state index in [-0.39, 0.29) is 35.6 Å². The number of rotatable bonds is 7. The average Bonchev–Trinajstić information content (AvgIpc) is 3.15. The largest absolute Gasteiger partial charge is 0.445 e. The molecular weight excluding hydrogens is 474 g/mol. The molecule has 0 aromatic heterocycles. The van der Waals surface area contributed by atoms with Gasteiger partial charge >= 0.3 is 6.09 Å². The van der Waals surface area contributed by atoms with Gasteiger partial charge in [0.15, 0.2) is 5.78 Å². The molecule has 9 heteroatoms. The maximum atomic E-state index is 12.6. The van der Waals surface area contributed by atoms with Crippen LogP contribution in [0.15, 0.2) is 59.5 Å². The highest BCUT2D eigenvalue weighted by Gasteiger charge is 2.42. The maximum Gasteiger partial charge on any atom is 0.410 e. The van der Waals surface area contributed by atoms with Gasteiger partial charge in [0.1, 0.15) is 6.61 Å². The van der Waals surface area contributed by atoms with E-state index >= 15 is 0 Å². The molecule has 2 aromatic rings.